The topological polar surface area (TPSA) is 103 Å². The smallest absolute Gasteiger partial charge is 0.319 e. The van der Waals surface area contributed by atoms with Crippen LogP contribution in [0.1, 0.15) is 50.5 Å². The number of hydrogen-bond acceptors (Lipinski definition) is 11. The summed E-state index contributed by atoms with van der Waals surface area (Å²) in [6.07, 6.45) is 9.57. The van der Waals surface area contributed by atoms with Crippen molar-refractivity contribution in [2.75, 3.05) is 58.9 Å². The third-order valence-electron chi connectivity index (χ3n) is 11.4. The molecule has 3 aromatic heterocycles. The molecular weight excluding hydrogens is 647 g/mol. The minimum absolute atomic E-state index is 0.00792. The van der Waals surface area contributed by atoms with Gasteiger partial charge in [-0.2, -0.15) is 15.2 Å². The second kappa shape index (κ2) is 12.2. The molecule has 256 valence electrons. The number of aromatic nitrogens is 3. The van der Waals surface area contributed by atoms with Crippen LogP contribution in [0.25, 0.3) is 32.2 Å². The van der Waals surface area contributed by atoms with Gasteiger partial charge in [0.15, 0.2) is 5.82 Å². The van der Waals surface area contributed by atoms with Crippen molar-refractivity contribution < 1.29 is 18.3 Å². The molecule has 1 aromatic carbocycles. The number of halogens is 2. The van der Waals surface area contributed by atoms with Gasteiger partial charge in [0.05, 0.1) is 35.0 Å². The molecule has 2 aliphatic carbocycles. The van der Waals surface area contributed by atoms with Gasteiger partial charge < -0.3 is 19.3 Å². The monoisotopic (exact) mass is 686 g/mol. The summed E-state index contributed by atoms with van der Waals surface area (Å²) in [7, 11) is 6.16. The molecule has 13 heteroatoms. The van der Waals surface area contributed by atoms with Crippen molar-refractivity contribution in [3.05, 3.63) is 35.5 Å². The summed E-state index contributed by atoms with van der Waals surface area (Å²) >= 11 is 1.00. The van der Waals surface area contributed by atoms with Crippen LogP contribution >= 0.6 is 11.3 Å². The van der Waals surface area contributed by atoms with Crippen molar-refractivity contribution in [2.45, 2.75) is 62.6 Å². The highest BCUT2D eigenvalue weighted by atomic mass is 32.1. The van der Waals surface area contributed by atoms with E-state index in [1.54, 1.807) is 6.20 Å². The Labute approximate surface area is 288 Å². The quantitative estimate of drug-likeness (QED) is 0.168. The fraction of sp³-hybridized carbons (Fsp3) is 0.528. The first-order valence-corrected chi connectivity index (χ1v) is 17.8. The van der Waals surface area contributed by atoms with E-state index in [0.29, 0.717) is 36.5 Å². The molecule has 0 radical (unpaired) electrons. The van der Waals surface area contributed by atoms with Gasteiger partial charge in [-0.3, -0.25) is 14.9 Å². The number of fused-ring (bicyclic) bond motifs is 5. The van der Waals surface area contributed by atoms with E-state index < -0.39 is 11.6 Å². The van der Waals surface area contributed by atoms with E-state index in [0.717, 1.165) is 69.6 Å². The van der Waals surface area contributed by atoms with Gasteiger partial charge in [-0.05, 0) is 77.9 Å². The number of morpholine rings is 1. The first kappa shape index (κ1) is 32.4. The van der Waals surface area contributed by atoms with Crippen LogP contribution in [0.3, 0.4) is 0 Å². The van der Waals surface area contributed by atoms with Gasteiger partial charge in [-0.25, -0.2) is 8.78 Å². The third kappa shape index (κ3) is 5.53. The van der Waals surface area contributed by atoms with Crippen LogP contribution in [-0.2, 0) is 4.74 Å². The number of piperidine rings is 1. The van der Waals surface area contributed by atoms with Crippen LogP contribution in [0, 0.1) is 28.4 Å². The number of ether oxygens (including phenoxy) is 2. The zero-order chi connectivity index (χ0) is 34.1. The molecule has 9 rings (SSSR count). The number of nitrogens with zero attached hydrogens (tertiary/aromatic N) is 8. The summed E-state index contributed by atoms with van der Waals surface area (Å²) in [5.41, 5.74) is 0.438. The predicted octanol–water partition coefficient (Wildman–Crippen LogP) is 6.33. The van der Waals surface area contributed by atoms with Crippen LogP contribution in [0.4, 0.5) is 19.6 Å². The van der Waals surface area contributed by atoms with E-state index in [2.05, 4.69) is 56.5 Å². The summed E-state index contributed by atoms with van der Waals surface area (Å²) in [6, 6.07) is 5.39. The molecule has 2 unspecified atom stereocenters. The minimum atomic E-state index is -0.688. The van der Waals surface area contributed by atoms with E-state index in [1.807, 2.05) is 7.05 Å². The first-order valence-electron chi connectivity index (χ1n) is 17.0. The Morgan fingerprint density at radius 3 is 2.61 bits per heavy atom. The summed E-state index contributed by atoms with van der Waals surface area (Å²) in [4.78, 5) is 24.9. The zero-order valence-electron chi connectivity index (χ0n) is 28.1. The van der Waals surface area contributed by atoms with E-state index in [9.17, 15) is 9.65 Å². The Hall–Kier alpha value is -3.83. The summed E-state index contributed by atoms with van der Waals surface area (Å²) < 4.78 is 44.4. The number of anilines is 1. The Kier molecular flexibility index (Phi) is 8.06. The molecule has 10 nitrogen and oxygen atoms in total. The van der Waals surface area contributed by atoms with E-state index in [-0.39, 0.29) is 54.4 Å². The highest BCUT2D eigenvalue weighted by Crippen LogP contribution is 2.48. The highest BCUT2D eigenvalue weighted by Gasteiger charge is 2.48. The average molecular weight is 687 g/mol. The maximum Gasteiger partial charge on any atom is 0.319 e. The van der Waals surface area contributed by atoms with Gasteiger partial charge in [0, 0.05) is 60.8 Å². The molecule has 4 aromatic rings. The average Bonchev–Trinajstić information content (AvgIpc) is 3.74. The molecule has 5 fully saturated rings. The normalized spacial score (nSPS) is 22.3. The van der Waals surface area contributed by atoms with E-state index in [4.69, 9.17) is 14.5 Å². The molecule has 2 bridgehead atoms. The molecule has 2 atom stereocenters. The molecule has 3 aliphatic heterocycles. The van der Waals surface area contributed by atoms with Gasteiger partial charge in [0.2, 0.25) is 0 Å². The lowest BCUT2D eigenvalue weighted by Gasteiger charge is -2.49. The lowest BCUT2D eigenvalue weighted by Crippen LogP contribution is -2.56. The van der Waals surface area contributed by atoms with Gasteiger partial charge >= 0.3 is 6.01 Å². The van der Waals surface area contributed by atoms with Crippen LogP contribution in [0.15, 0.2) is 23.3 Å². The van der Waals surface area contributed by atoms with E-state index in [1.165, 1.54) is 18.6 Å². The Bertz CT molecular complexity index is 1990. The molecule has 3 saturated heterocycles. The Morgan fingerprint density at radius 1 is 1.18 bits per heavy atom. The largest absolute Gasteiger partial charge is 0.463 e. The van der Waals surface area contributed by atoms with Gasteiger partial charge in [0.1, 0.15) is 33.9 Å². The number of hydrogen-bond donors (Lipinski definition) is 0. The van der Waals surface area contributed by atoms with Gasteiger partial charge in [0.25, 0.3) is 0 Å². The summed E-state index contributed by atoms with van der Waals surface area (Å²) in [6.45, 7) is 7.36. The second-order valence-electron chi connectivity index (χ2n) is 14.6. The predicted molar refractivity (Wildman–Crippen MR) is 187 cm³/mol. The molecule has 0 amide bonds. The zero-order valence-corrected chi connectivity index (χ0v) is 29.0. The minimum Gasteiger partial charge on any atom is -0.463 e. The van der Waals surface area contributed by atoms with Crippen molar-refractivity contribution in [3.63, 3.8) is 0 Å². The van der Waals surface area contributed by atoms with Crippen molar-refractivity contribution in [1.29, 1.82) is 5.26 Å². The molecule has 0 N–H and O–H groups in total. The maximum atomic E-state index is 16.9. The summed E-state index contributed by atoms with van der Waals surface area (Å²) in [5.74, 6) is -0.674. The molecule has 49 heavy (non-hydrogen) atoms. The standard InChI is InChI=1S/C36H40F2N8O2S/c1-40-33-24(14-39)27-23(8-9-26(37)31(27)49-33)29-28(38)30-25(15-41-29)32(45(4)19-36(44(2)3)10-5-11-36)43-34(42-30)48-20-35(12-13-35)18-46-16-22-7-6-21(46)17-47-22/h8-9,15,21-22H,1,5-7,10-13,16-20H2,2-4H3. The molecule has 2 saturated carbocycles. The van der Waals surface area contributed by atoms with Crippen molar-refractivity contribution in [3.8, 4) is 23.3 Å². The number of likely N-dealkylation sites (N-methyl/N-ethyl adjacent to an activating group) is 2. The fourth-order valence-corrected chi connectivity index (χ4v) is 8.97. The van der Waals surface area contributed by atoms with Gasteiger partial charge in [-0.1, -0.05) is 0 Å². The first-order chi connectivity index (χ1) is 23.6. The van der Waals surface area contributed by atoms with Crippen LogP contribution < -0.4 is 9.64 Å². The van der Waals surface area contributed by atoms with Crippen LogP contribution in [0.2, 0.25) is 0 Å². The number of aliphatic imine (C=N–C) groups is 1. The highest BCUT2D eigenvalue weighted by molar-refractivity contribution is 7.23. The number of benzene rings is 1. The summed E-state index contributed by atoms with van der Waals surface area (Å²) in [5, 5.41) is 11.0. The Morgan fingerprint density at radius 2 is 2.00 bits per heavy atom. The van der Waals surface area contributed by atoms with Crippen LogP contribution in [0.5, 0.6) is 6.01 Å². The SMILES string of the molecule is C=Nc1sc2c(F)ccc(-c3ncc4c(N(C)CC5(N(C)C)CCC5)nc(OCC5(CN6CC7CCC6CO7)CC5)nc4c3F)c2c1C#N. The van der Waals surface area contributed by atoms with Crippen molar-refractivity contribution in [1.82, 2.24) is 24.8 Å². The van der Waals surface area contributed by atoms with Crippen molar-refractivity contribution >= 4 is 49.9 Å². The number of rotatable bonds is 11. The molecule has 5 aliphatic rings. The van der Waals surface area contributed by atoms with Crippen LogP contribution in [-0.4, -0.2) is 103 Å². The maximum absolute atomic E-state index is 16.9. The number of thiophene rings is 1. The third-order valence-corrected chi connectivity index (χ3v) is 12.5. The number of pyridine rings is 1. The van der Waals surface area contributed by atoms with Crippen molar-refractivity contribution in [2.24, 2.45) is 10.4 Å². The number of nitriles is 1. The fourth-order valence-electron chi connectivity index (χ4n) is 7.99. The lowest BCUT2D eigenvalue weighted by molar-refractivity contribution is -0.112. The molecular formula is C36H40F2N8O2S. The molecule has 6 heterocycles. The second-order valence-corrected chi connectivity index (χ2v) is 15.6. The lowest BCUT2D eigenvalue weighted by atomic mass is 9.75. The molecule has 0 spiro atoms. The van der Waals surface area contributed by atoms with E-state index >= 15 is 4.39 Å². The van der Waals surface area contributed by atoms with Gasteiger partial charge in [-0.15, -0.1) is 11.3 Å². The Balaban J connectivity index is 1.19.